The average Bonchev–Trinajstić information content (AvgIpc) is 3.27. The van der Waals surface area contributed by atoms with Crippen molar-refractivity contribution < 1.29 is 9.53 Å². The summed E-state index contributed by atoms with van der Waals surface area (Å²) in [6.45, 7) is 0. The van der Waals surface area contributed by atoms with Crippen molar-refractivity contribution in [1.29, 1.82) is 5.41 Å². The number of benzene rings is 2. The number of carbonyl (C=O) groups is 1. The topological polar surface area (TPSA) is 65.4 Å². The van der Waals surface area contributed by atoms with Gasteiger partial charge >= 0.3 is 0 Å². The minimum Gasteiger partial charge on any atom is -0.497 e. The van der Waals surface area contributed by atoms with Crippen LogP contribution in [0.15, 0.2) is 64.5 Å². The van der Waals surface area contributed by atoms with Gasteiger partial charge in [0.15, 0.2) is 0 Å². The van der Waals surface area contributed by atoms with E-state index in [1.165, 1.54) is 16.7 Å². The van der Waals surface area contributed by atoms with Gasteiger partial charge in [-0.05, 0) is 42.0 Å². The SMILES string of the molecule is COc1ccc(N2C(=N)C(=C3NC(c4ccc(Cl)cc4)=CS3)CC2=O)cc1. The minimum absolute atomic E-state index is 0.116. The molecule has 0 spiro atoms. The number of nitrogens with one attached hydrogen (secondary N) is 2. The summed E-state index contributed by atoms with van der Waals surface area (Å²) >= 11 is 7.44. The van der Waals surface area contributed by atoms with Gasteiger partial charge in [0.1, 0.15) is 11.6 Å². The molecule has 0 saturated carbocycles. The van der Waals surface area contributed by atoms with E-state index in [1.54, 1.807) is 31.4 Å². The molecule has 0 aliphatic carbocycles. The summed E-state index contributed by atoms with van der Waals surface area (Å²) in [5, 5.41) is 15.3. The Morgan fingerprint density at radius 3 is 2.52 bits per heavy atom. The van der Waals surface area contributed by atoms with Gasteiger partial charge in [-0.15, -0.1) is 0 Å². The van der Waals surface area contributed by atoms with Crippen LogP contribution in [0.1, 0.15) is 12.0 Å². The van der Waals surface area contributed by atoms with Gasteiger partial charge in [-0.3, -0.25) is 15.1 Å². The molecule has 27 heavy (non-hydrogen) atoms. The zero-order chi connectivity index (χ0) is 19.0. The molecule has 136 valence electrons. The number of anilines is 1. The van der Waals surface area contributed by atoms with Crippen LogP contribution in [0.3, 0.4) is 0 Å². The van der Waals surface area contributed by atoms with Gasteiger partial charge in [0.2, 0.25) is 5.91 Å². The Kier molecular flexibility index (Phi) is 4.68. The van der Waals surface area contributed by atoms with Crippen LogP contribution in [0.2, 0.25) is 5.02 Å². The third-order valence-corrected chi connectivity index (χ3v) is 5.58. The number of thioether (sulfide) groups is 1. The summed E-state index contributed by atoms with van der Waals surface area (Å²) in [5.74, 6) is 0.793. The molecule has 2 aliphatic rings. The van der Waals surface area contributed by atoms with Crippen LogP contribution in [0.5, 0.6) is 5.75 Å². The molecular formula is C20H16ClN3O2S. The first-order valence-electron chi connectivity index (χ1n) is 8.25. The second kappa shape index (κ2) is 7.13. The maximum absolute atomic E-state index is 12.5. The number of amides is 1. The number of ether oxygens (including phenoxy) is 1. The minimum atomic E-state index is -0.116. The number of amidine groups is 1. The molecule has 2 aromatic carbocycles. The molecule has 7 heteroatoms. The quantitative estimate of drug-likeness (QED) is 0.793. The van der Waals surface area contributed by atoms with Crippen molar-refractivity contribution in [2.75, 3.05) is 12.0 Å². The maximum atomic E-state index is 12.5. The van der Waals surface area contributed by atoms with E-state index in [0.29, 0.717) is 22.0 Å². The predicted octanol–water partition coefficient (Wildman–Crippen LogP) is 4.61. The molecule has 2 aromatic rings. The fourth-order valence-corrected chi connectivity index (χ4v) is 4.02. The normalized spacial score (nSPS) is 19.3. The number of rotatable bonds is 3. The average molecular weight is 398 g/mol. The van der Waals surface area contributed by atoms with Crippen molar-refractivity contribution >= 4 is 46.5 Å². The second-order valence-corrected chi connectivity index (χ2v) is 7.36. The Hall–Kier alpha value is -2.70. The van der Waals surface area contributed by atoms with Crippen molar-refractivity contribution in [3.63, 3.8) is 0 Å². The molecule has 2 N–H and O–H groups in total. The number of halogens is 1. The lowest BCUT2D eigenvalue weighted by Gasteiger charge is -2.16. The van der Waals surface area contributed by atoms with Crippen molar-refractivity contribution in [1.82, 2.24) is 5.32 Å². The van der Waals surface area contributed by atoms with E-state index < -0.39 is 0 Å². The van der Waals surface area contributed by atoms with Gasteiger partial charge < -0.3 is 10.1 Å². The fraction of sp³-hybridized carbons (Fsp3) is 0.100. The first kappa shape index (κ1) is 17.7. The largest absolute Gasteiger partial charge is 0.497 e. The first-order valence-corrected chi connectivity index (χ1v) is 9.51. The number of nitrogens with zero attached hydrogens (tertiary/aromatic N) is 1. The molecular weight excluding hydrogens is 382 g/mol. The zero-order valence-corrected chi connectivity index (χ0v) is 16.0. The van der Waals surface area contributed by atoms with E-state index >= 15 is 0 Å². The summed E-state index contributed by atoms with van der Waals surface area (Å²) in [7, 11) is 1.59. The van der Waals surface area contributed by atoms with Crippen LogP contribution in [0.25, 0.3) is 5.70 Å². The Balaban J connectivity index is 1.57. The van der Waals surface area contributed by atoms with Gasteiger partial charge in [-0.1, -0.05) is 35.5 Å². The molecule has 4 rings (SSSR count). The molecule has 5 nitrogen and oxygen atoms in total. The van der Waals surface area contributed by atoms with Gasteiger partial charge in [0.25, 0.3) is 0 Å². The lowest BCUT2D eigenvalue weighted by molar-refractivity contribution is -0.116. The molecule has 0 radical (unpaired) electrons. The monoisotopic (exact) mass is 397 g/mol. The molecule has 0 unspecified atom stereocenters. The smallest absolute Gasteiger partial charge is 0.237 e. The number of hydrogen-bond acceptors (Lipinski definition) is 5. The van der Waals surface area contributed by atoms with E-state index in [-0.39, 0.29) is 18.2 Å². The molecule has 1 saturated heterocycles. The molecule has 2 heterocycles. The highest BCUT2D eigenvalue weighted by atomic mass is 35.5. The molecule has 0 bridgehead atoms. The lowest BCUT2D eigenvalue weighted by Crippen LogP contribution is -2.28. The molecule has 2 aliphatic heterocycles. The van der Waals surface area contributed by atoms with Gasteiger partial charge in [-0.2, -0.15) is 0 Å². The van der Waals surface area contributed by atoms with Crippen LogP contribution in [0.4, 0.5) is 5.69 Å². The standard InChI is InChI=1S/C20H16ClN3O2S/c1-26-15-8-6-14(7-9-15)24-18(25)10-16(19(24)22)20-23-17(11-27-20)12-2-4-13(21)5-3-12/h2-9,11,22-23H,10H2,1H3. The fourth-order valence-electron chi connectivity index (χ4n) is 2.98. The van der Waals surface area contributed by atoms with Crippen LogP contribution in [-0.2, 0) is 4.79 Å². The van der Waals surface area contributed by atoms with Crippen LogP contribution in [0, 0.1) is 5.41 Å². The van der Waals surface area contributed by atoms with Crippen molar-refractivity contribution in [3.05, 3.63) is 75.1 Å². The Labute approximate surface area is 166 Å². The van der Waals surface area contributed by atoms with Crippen LogP contribution >= 0.6 is 23.4 Å². The third kappa shape index (κ3) is 3.34. The number of carbonyl (C=O) groups excluding carboxylic acids is 1. The summed E-state index contributed by atoms with van der Waals surface area (Å²) in [5.41, 5.74) is 3.30. The molecule has 0 atom stereocenters. The van der Waals surface area contributed by atoms with E-state index in [0.717, 1.165) is 16.3 Å². The Morgan fingerprint density at radius 1 is 1.15 bits per heavy atom. The van der Waals surface area contributed by atoms with Crippen molar-refractivity contribution in [3.8, 4) is 5.75 Å². The second-order valence-electron chi connectivity index (χ2n) is 6.04. The van der Waals surface area contributed by atoms with Gasteiger partial charge in [-0.25, -0.2) is 0 Å². The Morgan fingerprint density at radius 2 is 1.85 bits per heavy atom. The van der Waals surface area contributed by atoms with Crippen molar-refractivity contribution in [2.24, 2.45) is 0 Å². The number of hydrogen-bond donors (Lipinski definition) is 2. The molecule has 1 fully saturated rings. The maximum Gasteiger partial charge on any atom is 0.237 e. The van der Waals surface area contributed by atoms with E-state index in [9.17, 15) is 4.79 Å². The lowest BCUT2D eigenvalue weighted by atomic mass is 10.1. The van der Waals surface area contributed by atoms with E-state index in [2.05, 4.69) is 5.32 Å². The third-order valence-electron chi connectivity index (χ3n) is 4.39. The first-order chi connectivity index (χ1) is 13.1. The van der Waals surface area contributed by atoms with Gasteiger partial charge in [0.05, 0.1) is 29.9 Å². The van der Waals surface area contributed by atoms with E-state index in [4.69, 9.17) is 21.7 Å². The molecule has 0 aromatic heterocycles. The highest BCUT2D eigenvalue weighted by Gasteiger charge is 2.35. The Bertz CT molecular complexity index is 981. The summed E-state index contributed by atoms with van der Waals surface area (Å²) in [4.78, 5) is 14.0. The van der Waals surface area contributed by atoms with E-state index in [1.807, 2.05) is 29.7 Å². The van der Waals surface area contributed by atoms with Crippen LogP contribution in [-0.4, -0.2) is 18.9 Å². The summed E-state index contributed by atoms with van der Waals surface area (Å²) in [6, 6.07) is 14.7. The predicted molar refractivity (Wildman–Crippen MR) is 110 cm³/mol. The molecule has 1 amide bonds. The van der Waals surface area contributed by atoms with Crippen LogP contribution < -0.4 is 15.0 Å². The highest BCUT2D eigenvalue weighted by Crippen LogP contribution is 2.37. The zero-order valence-electron chi connectivity index (χ0n) is 14.5. The summed E-state index contributed by atoms with van der Waals surface area (Å²) in [6.07, 6.45) is 0.196. The number of methoxy groups -OCH3 is 1. The summed E-state index contributed by atoms with van der Waals surface area (Å²) < 4.78 is 5.15. The van der Waals surface area contributed by atoms with Crippen molar-refractivity contribution in [2.45, 2.75) is 6.42 Å². The van der Waals surface area contributed by atoms with Gasteiger partial charge in [0, 0.05) is 16.0 Å². The highest BCUT2D eigenvalue weighted by molar-refractivity contribution is 8.06.